The summed E-state index contributed by atoms with van der Waals surface area (Å²) in [6, 6.07) is -0.170. The van der Waals surface area contributed by atoms with E-state index in [1.807, 2.05) is 13.8 Å². The Balaban J connectivity index is -0.000000960. The number of rotatable bonds is 37. The summed E-state index contributed by atoms with van der Waals surface area (Å²) in [5.74, 6) is 1.15. The standard InChI is InChI=1S/C24H47NO2.C24H45NO2.C2H6/c2*1-4-5-6-7-8-9-10-11-12-13-14-15-16-17-18-19-24(27)25-23(21-26)20-22(2)3;1-2/h11-12,22-23,26H,4-10,13-21H2,1-3H3,(H,25,27);8-9,11-12,22-23,26H,4-7,10,13-21H2,1-3H3,(H,25,27);1-2H3/b12-11-;9-8-,12-11-;/t2*23-;/m10./s1. The Morgan fingerprint density at radius 2 is 0.732 bits per heavy atom. The Kier molecular flexibility index (Phi) is 51.3. The van der Waals surface area contributed by atoms with E-state index in [-0.39, 0.29) is 37.1 Å². The van der Waals surface area contributed by atoms with Crippen molar-refractivity contribution in [2.75, 3.05) is 13.2 Å². The van der Waals surface area contributed by atoms with E-state index in [1.54, 1.807) is 0 Å². The van der Waals surface area contributed by atoms with Gasteiger partial charge in [0.15, 0.2) is 0 Å². The van der Waals surface area contributed by atoms with Crippen molar-refractivity contribution in [1.82, 2.24) is 10.6 Å². The van der Waals surface area contributed by atoms with Gasteiger partial charge in [0.1, 0.15) is 0 Å². The smallest absolute Gasteiger partial charge is 0.220 e. The zero-order valence-electron chi connectivity index (χ0n) is 38.7. The first kappa shape index (κ1) is 58.4. The molecule has 0 rings (SSSR count). The number of aliphatic hydroxyl groups is 2. The molecule has 2 amide bonds. The molecule has 332 valence electrons. The molecule has 0 aromatic heterocycles. The van der Waals surface area contributed by atoms with Crippen molar-refractivity contribution in [1.29, 1.82) is 0 Å². The van der Waals surface area contributed by atoms with Gasteiger partial charge in [-0.05, 0) is 95.3 Å². The number of unbranched alkanes of at least 4 members (excludes halogenated alkanes) is 19. The fraction of sp³-hybridized carbons (Fsp3) is 0.840. The second kappa shape index (κ2) is 49.2. The monoisotopic (exact) mass is 791 g/mol. The van der Waals surface area contributed by atoms with E-state index < -0.39 is 0 Å². The normalized spacial score (nSPS) is 12.6. The first-order valence-electron chi connectivity index (χ1n) is 23.9. The molecule has 0 fully saturated rings. The van der Waals surface area contributed by atoms with Gasteiger partial charge >= 0.3 is 0 Å². The lowest BCUT2D eigenvalue weighted by molar-refractivity contribution is -0.123. The Morgan fingerprint density at radius 3 is 1.07 bits per heavy atom. The fourth-order valence-corrected chi connectivity index (χ4v) is 6.55. The number of nitrogens with one attached hydrogen (secondary N) is 2. The summed E-state index contributed by atoms with van der Waals surface area (Å²) in [4.78, 5) is 23.8. The zero-order chi connectivity index (χ0) is 42.3. The van der Waals surface area contributed by atoms with Crippen LogP contribution in [0.25, 0.3) is 0 Å². The van der Waals surface area contributed by atoms with Gasteiger partial charge in [-0.2, -0.15) is 0 Å². The quantitative estimate of drug-likeness (QED) is 0.0372. The van der Waals surface area contributed by atoms with Gasteiger partial charge in [0.05, 0.1) is 25.3 Å². The third kappa shape index (κ3) is 50.1. The van der Waals surface area contributed by atoms with Crippen molar-refractivity contribution in [2.24, 2.45) is 11.8 Å². The highest BCUT2D eigenvalue weighted by Crippen LogP contribution is 2.12. The Bertz CT molecular complexity index is 882. The number of aliphatic hydroxyl groups excluding tert-OH is 2. The zero-order valence-corrected chi connectivity index (χ0v) is 38.7. The van der Waals surface area contributed by atoms with Crippen LogP contribution in [-0.4, -0.2) is 47.3 Å². The van der Waals surface area contributed by atoms with Gasteiger partial charge in [-0.1, -0.05) is 175 Å². The van der Waals surface area contributed by atoms with Crippen LogP contribution in [0.15, 0.2) is 36.5 Å². The van der Waals surface area contributed by atoms with Crippen LogP contribution in [0.5, 0.6) is 0 Å². The second-order valence-electron chi connectivity index (χ2n) is 16.5. The van der Waals surface area contributed by atoms with Crippen LogP contribution in [0, 0.1) is 11.8 Å². The lowest BCUT2D eigenvalue weighted by Crippen LogP contribution is -2.38. The predicted octanol–water partition coefficient (Wildman–Crippen LogP) is 13.9. The highest BCUT2D eigenvalue weighted by molar-refractivity contribution is 5.76. The Hall–Kier alpha value is -1.92. The number of carbonyl (C=O) groups is 2. The molecule has 56 heavy (non-hydrogen) atoms. The molecule has 0 saturated heterocycles. The summed E-state index contributed by atoms with van der Waals surface area (Å²) in [5.41, 5.74) is 0. The van der Waals surface area contributed by atoms with E-state index in [1.165, 1.54) is 116 Å². The molecule has 0 aromatic rings. The molecule has 6 nitrogen and oxygen atoms in total. The highest BCUT2D eigenvalue weighted by atomic mass is 16.3. The van der Waals surface area contributed by atoms with Gasteiger partial charge in [0.2, 0.25) is 11.8 Å². The van der Waals surface area contributed by atoms with Crippen molar-refractivity contribution in [2.45, 2.75) is 247 Å². The van der Waals surface area contributed by atoms with Crippen molar-refractivity contribution >= 4 is 11.8 Å². The summed E-state index contributed by atoms with van der Waals surface area (Å²) < 4.78 is 0. The van der Waals surface area contributed by atoms with Crippen molar-refractivity contribution < 1.29 is 19.8 Å². The topological polar surface area (TPSA) is 98.7 Å². The summed E-state index contributed by atoms with van der Waals surface area (Å²) in [5, 5.41) is 24.5. The molecule has 0 unspecified atom stereocenters. The maximum absolute atomic E-state index is 11.9. The van der Waals surface area contributed by atoms with Crippen LogP contribution in [-0.2, 0) is 9.59 Å². The minimum absolute atomic E-state index is 0.0338. The van der Waals surface area contributed by atoms with Crippen molar-refractivity contribution in [3.63, 3.8) is 0 Å². The average molecular weight is 791 g/mol. The van der Waals surface area contributed by atoms with E-state index >= 15 is 0 Å². The molecular weight excluding hydrogens is 693 g/mol. The van der Waals surface area contributed by atoms with E-state index in [0.717, 1.165) is 51.4 Å². The van der Waals surface area contributed by atoms with Crippen LogP contribution in [0.4, 0.5) is 0 Å². The molecule has 0 saturated carbocycles. The summed E-state index contributed by atoms with van der Waals surface area (Å²) in [6.45, 7) is 17.0. The van der Waals surface area contributed by atoms with Crippen LogP contribution in [0.2, 0.25) is 0 Å². The summed E-state index contributed by atoms with van der Waals surface area (Å²) >= 11 is 0. The SMILES string of the molecule is CC.CCCCC/C=C\C/C=C\CCCCCCCC(=O)N[C@H](CO)CC(C)C.CCCCCCCC/C=C\CCCCCCCC(=O)N[C@@H](CO)CC(C)C. The first-order chi connectivity index (χ1) is 27.2. The number of carbonyl (C=O) groups excluding carboxylic acids is 2. The van der Waals surface area contributed by atoms with Crippen molar-refractivity contribution in [3.8, 4) is 0 Å². The fourth-order valence-electron chi connectivity index (χ4n) is 6.55. The van der Waals surface area contributed by atoms with Gasteiger partial charge < -0.3 is 20.8 Å². The van der Waals surface area contributed by atoms with E-state index in [9.17, 15) is 19.8 Å². The summed E-state index contributed by atoms with van der Waals surface area (Å²) in [6.07, 6.45) is 46.4. The van der Waals surface area contributed by atoms with Crippen LogP contribution < -0.4 is 10.6 Å². The number of hydrogen-bond donors (Lipinski definition) is 4. The molecule has 0 heterocycles. The number of hydrogen-bond acceptors (Lipinski definition) is 4. The van der Waals surface area contributed by atoms with Gasteiger partial charge in [0.25, 0.3) is 0 Å². The summed E-state index contributed by atoms with van der Waals surface area (Å²) in [7, 11) is 0. The maximum Gasteiger partial charge on any atom is 0.220 e. The average Bonchev–Trinajstić information content (AvgIpc) is 3.18. The molecule has 0 aliphatic heterocycles. The van der Waals surface area contributed by atoms with Gasteiger partial charge in [-0.15, -0.1) is 0 Å². The Labute approximate surface area is 350 Å². The molecule has 6 heteroatoms. The molecule has 4 N–H and O–H groups in total. The van der Waals surface area contributed by atoms with Gasteiger partial charge in [0, 0.05) is 12.8 Å². The lowest BCUT2D eigenvalue weighted by atomic mass is 10.0. The molecule has 0 aliphatic rings. The minimum atomic E-state index is -0.0875. The Morgan fingerprint density at radius 1 is 0.446 bits per heavy atom. The largest absolute Gasteiger partial charge is 0.394 e. The molecule has 0 bridgehead atoms. The van der Waals surface area contributed by atoms with Gasteiger partial charge in [-0.25, -0.2) is 0 Å². The molecule has 0 spiro atoms. The molecule has 0 aliphatic carbocycles. The van der Waals surface area contributed by atoms with E-state index in [0.29, 0.717) is 24.7 Å². The number of allylic oxidation sites excluding steroid dienone is 6. The molecule has 0 aromatic carbocycles. The van der Waals surface area contributed by atoms with Crippen LogP contribution >= 0.6 is 0 Å². The molecule has 2 atom stereocenters. The molecular formula is C50H98N2O4. The number of amides is 2. The van der Waals surface area contributed by atoms with E-state index in [4.69, 9.17) is 0 Å². The minimum Gasteiger partial charge on any atom is -0.394 e. The van der Waals surface area contributed by atoms with Crippen LogP contribution in [0.3, 0.4) is 0 Å². The van der Waals surface area contributed by atoms with E-state index in [2.05, 4.69) is 88.6 Å². The van der Waals surface area contributed by atoms with Gasteiger partial charge in [-0.3, -0.25) is 9.59 Å². The predicted molar refractivity (Wildman–Crippen MR) is 247 cm³/mol. The highest BCUT2D eigenvalue weighted by Gasteiger charge is 2.13. The molecule has 0 radical (unpaired) electrons. The third-order valence-corrected chi connectivity index (χ3v) is 9.70. The van der Waals surface area contributed by atoms with Crippen LogP contribution in [0.1, 0.15) is 235 Å². The maximum atomic E-state index is 11.9. The lowest BCUT2D eigenvalue weighted by Gasteiger charge is -2.18. The second-order valence-corrected chi connectivity index (χ2v) is 16.5. The third-order valence-electron chi connectivity index (χ3n) is 9.70. The first-order valence-corrected chi connectivity index (χ1v) is 23.9. The van der Waals surface area contributed by atoms with Crippen molar-refractivity contribution in [3.05, 3.63) is 36.5 Å².